The molecule has 1 heterocycles. The Morgan fingerprint density at radius 1 is 1.13 bits per heavy atom. The van der Waals surface area contributed by atoms with Crippen LogP contribution in [-0.4, -0.2) is 37.4 Å². The van der Waals surface area contributed by atoms with Crippen molar-refractivity contribution in [2.75, 3.05) is 13.2 Å². The van der Waals surface area contributed by atoms with Crippen LogP contribution < -0.4 is 5.32 Å². The number of fused-ring (bicyclic) bond motifs is 1. The van der Waals surface area contributed by atoms with Gasteiger partial charge in [0.1, 0.15) is 0 Å². The minimum atomic E-state index is 0.0660. The summed E-state index contributed by atoms with van der Waals surface area (Å²) >= 11 is 11.9. The van der Waals surface area contributed by atoms with E-state index < -0.39 is 0 Å². The number of halogens is 2. The van der Waals surface area contributed by atoms with Crippen molar-refractivity contribution in [1.82, 2.24) is 5.32 Å². The molecule has 3 atom stereocenters. The van der Waals surface area contributed by atoms with Gasteiger partial charge in [-0.25, -0.2) is 0 Å². The van der Waals surface area contributed by atoms with Crippen molar-refractivity contribution in [1.29, 1.82) is 0 Å². The molecule has 1 amide bonds. The Balaban J connectivity index is 1.45. The molecule has 1 saturated heterocycles. The first-order valence-electron chi connectivity index (χ1n) is 8.08. The molecule has 1 aromatic rings. The molecule has 0 unspecified atom stereocenters. The standard InChI is InChI=1S/C17H21Cl2NO3/c18-13-4-1-11(9-14(13)19)2-6-17(21)20-12-3-5-15-16(10-12)23-8-7-22-15/h1,4,9,12,15-16H,2-3,5-8,10H2,(H,20,21)/t12-,15-,16-/m1/s1. The monoisotopic (exact) mass is 357 g/mol. The van der Waals surface area contributed by atoms with E-state index in [1.165, 1.54) is 0 Å². The van der Waals surface area contributed by atoms with Gasteiger partial charge in [0, 0.05) is 12.5 Å². The van der Waals surface area contributed by atoms with E-state index >= 15 is 0 Å². The SMILES string of the molecule is O=C(CCc1ccc(Cl)c(Cl)c1)N[C@@H]1CC[C@H]2OCCO[C@@H]2C1. The molecule has 1 saturated carbocycles. The molecule has 1 aromatic carbocycles. The lowest BCUT2D eigenvalue weighted by Crippen LogP contribution is -2.49. The van der Waals surface area contributed by atoms with E-state index in [1.807, 2.05) is 12.1 Å². The fourth-order valence-corrected chi connectivity index (χ4v) is 3.57. The molecule has 2 aliphatic rings. The average molecular weight is 358 g/mol. The van der Waals surface area contributed by atoms with Gasteiger partial charge in [-0.15, -0.1) is 0 Å². The van der Waals surface area contributed by atoms with E-state index in [1.54, 1.807) is 6.07 Å². The summed E-state index contributed by atoms with van der Waals surface area (Å²) in [5.74, 6) is 0.0660. The highest BCUT2D eigenvalue weighted by molar-refractivity contribution is 6.42. The molecular weight excluding hydrogens is 337 g/mol. The third-order valence-corrected chi connectivity index (χ3v) is 5.21. The van der Waals surface area contributed by atoms with E-state index in [0.717, 1.165) is 24.8 Å². The lowest BCUT2D eigenvalue weighted by Gasteiger charge is -2.39. The van der Waals surface area contributed by atoms with E-state index in [0.29, 0.717) is 36.1 Å². The minimum Gasteiger partial charge on any atom is -0.373 e. The van der Waals surface area contributed by atoms with Crippen molar-refractivity contribution >= 4 is 29.1 Å². The topological polar surface area (TPSA) is 47.6 Å². The van der Waals surface area contributed by atoms with E-state index in [2.05, 4.69) is 5.32 Å². The Morgan fingerprint density at radius 2 is 1.91 bits per heavy atom. The fraction of sp³-hybridized carbons (Fsp3) is 0.588. The Labute approximate surface area is 146 Å². The van der Waals surface area contributed by atoms with E-state index in [9.17, 15) is 4.79 Å². The summed E-state index contributed by atoms with van der Waals surface area (Å²) in [5, 5.41) is 4.17. The van der Waals surface area contributed by atoms with Gasteiger partial charge in [0.2, 0.25) is 5.91 Å². The summed E-state index contributed by atoms with van der Waals surface area (Å²) in [4.78, 5) is 12.2. The lowest BCUT2D eigenvalue weighted by molar-refractivity contribution is -0.158. The number of rotatable bonds is 4. The maximum Gasteiger partial charge on any atom is 0.220 e. The number of hydrogen-bond donors (Lipinski definition) is 1. The van der Waals surface area contributed by atoms with Crippen LogP contribution in [0.4, 0.5) is 0 Å². The predicted molar refractivity (Wildman–Crippen MR) is 90.0 cm³/mol. The lowest BCUT2D eigenvalue weighted by atomic mass is 9.89. The highest BCUT2D eigenvalue weighted by Gasteiger charge is 2.34. The third-order valence-electron chi connectivity index (χ3n) is 4.47. The zero-order valence-corrected chi connectivity index (χ0v) is 14.4. The molecule has 23 heavy (non-hydrogen) atoms. The second-order valence-corrected chi connectivity index (χ2v) is 6.96. The van der Waals surface area contributed by atoms with Crippen LogP contribution in [-0.2, 0) is 20.7 Å². The predicted octanol–water partition coefficient (Wildman–Crippen LogP) is 3.38. The largest absolute Gasteiger partial charge is 0.373 e. The molecule has 0 radical (unpaired) electrons. The van der Waals surface area contributed by atoms with Gasteiger partial charge in [0.15, 0.2) is 0 Å². The first kappa shape index (κ1) is 17.0. The van der Waals surface area contributed by atoms with E-state index in [-0.39, 0.29) is 24.2 Å². The molecular formula is C17H21Cl2NO3. The summed E-state index contributed by atoms with van der Waals surface area (Å²) in [6.45, 7) is 1.33. The van der Waals surface area contributed by atoms with Crippen molar-refractivity contribution in [3.8, 4) is 0 Å². The van der Waals surface area contributed by atoms with Crippen LogP contribution in [0.5, 0.6) is 0 Å². The Morgan fingerprint density at radius 3 is 2.70 bits per heavy atom. The number of aryl methyl sites for hydroxylation is 1. The molecule has 1 N–H and O–H groups in total. The summed E-state index contributed by atoms with van der Waals surface area (Å²) in [6, 6.07) is 5.66. The normalized spacial score (nSPS) is 27.3. The number of carbonyl (C=O) groups excluding carboxylic acids is 1. The van der Waals surface area contributed by atoms with Crippen LogP contribution in [0.2, 0.25) is 10.0 Å². The number of benzene rings is 1. The average Bonchev–Trinajstić information content (AvgIpc) is 2.56. The molecule has 1 aliphatic carbocycles. The van der Waals surface area contributed by atoms with Crippen LogP contribution in [0.3, 0.4) is 0 Å². The van der Waals surface area contributed by atoms with Crippen LogP contribution in [0, 0.1) is 0 Å². The van der Waals surface area contributed by atoms with Crippen LogP contribution in [0.1, 0.15) is 31.2 Å². The van der Waals surface area contributed by atoms with E-state index in [4.69, 9.17) is 32.7 Å². The first-order valence-corrected chi connectivity index (χ1v) is 8.84. The number of amides is 1. The molecule has 1 aliphatic heterocycles. The maximum atomic E-state index is 12.2. The van der Waals surface area contributed by atoms with Gasteiger partial charge in [-0.05, 0) is 43.4 Å². The zero-order valence-electron chi connectivity index (χ0n) is 12.9. The van der Waals surface area contributed by atoms with Gasteiger partial charge < -0.3 is 14.8 Å². The van der Waals surface area contributed by atoms with Gasteiger partial charge in [0.05, 0.1) is 35.5 Å². The quantitative estimate of drug-likeness (QED) is 0.898. The van der Waals surface area contributed by atoms with Gasteiger partial charge in [-0.2, -0.15) is 0 Å². The number of ether oxygens (including phenoxy) is 2. The number of hydrogen-bond acceptors (Lipinski definition) is 3. The smallest absolute Gasteiger partial charge is 0.220 e. The Kier molecular flexibility index (Phi) is 5.81. The molecule has 0 aromatic heterocycles. The first-order chi connectivity index (χ1) is 11.1. The van der Waals surface area contributed by atoms with Crippen LogP contribution in [0.15, 0.2) is 18.2 Å². The van der Waals surface area contributed by atoms with Crippen molar-refractivity contribution in [2.24, 2.45) is 0 Å². The summed E-state index contributed by atoms with van der Waals surface area (Å²) in [7, 11) is 0. The molecule has 0 bridgehead atoms. The summed E-state index contributed by atoms with van der Waals surface area (Å²) < 4.78 is 11.4. The van der Waals surface area contributed by atoms with Crippen molar-refractivity contribution in [3.05, 3.63) is 33.8 Å². The second-order valence-electron chi connectivity index (χ2n) is 6.14. The molecule has 0 spiro atoms. The van der Waals surface area contributed by atoms with Crippen molar-refractivity contribution < 1.29 is 14.3 Å². The fourth-order valence-electron chi connectivity index (χ4n) is 3.25. The second kappa shape index (κ2) is 7.84. The molecule has 6 heteroatoms. The van der Waals surface area contributed by atoms with Crippen molar-refractivity contribution in [3.63, 3.8) is 0 Å². The van der Waals surface area contributed by atoms with Crippen LogP contribution in [0.25, 0.3) is 0 Å². The number of carbonyl (C=O) groups is 1. The van der Waals surface area contributed by atoms with Gasteiger partial charge in [0.25, 0.3) is 0 Å². The highest BCUT2D eigenvalue weighted by atomic mass is 35.5. The molecule has 2 fully saturated rings. The molecule has 3 rings (SSSR count). The Bertz CT molecular complexity index is 567. The minimum absolute atomic E-state index is 0.0660. The van der Waals surface area contributed by atoms with Crippen molar-refractivity contribution in [2.45, 2.75) is 50.4 Å². The third kappa shape index (κ3) is 4.60. The van der Waals surface area contributed by atoms with Gasteiger partial charge >= 0.3 is 0 Å². The molecule has 126 valence electrons. The maximum absolute atomic E-state index is 12.2. The van der Waals surface area contributed by atoms with Gasteiger partial charge in [-0.1, -0.05) is 29.3 Å². The molecule has 4 nitrogen and oxygen atoms in total. The Hall–Kier alpha value is -0.810. The summed E-state index contributed by atoms with van der Waals surface area (Å²) in [5.41, 5.74) is 1.02. The zero-order chi connectivity index (χ0) is 16.2. The number of nitrogens with one attached hydrogen (secondary N) is 1. The summed E-state index contributed by atoms with van der Waals surface area (Å²) in [6.07, 6.45) is 4.15. The highest BCUT2D eigenvalue weighted by Crippen LogP contribution is 2.27. The van der Waals surface area contributed by atoms with Gasteiger partial charge in [-0.3, -0.25) is 4.79 Å². The van der Waals surface area contributed by atoms with Crippen LogP contribution >= 0.6 is 23.2 Å².